The Bertz CT molecular complexity index is 889. The fourth-order valence-corrected chi connectivity index (χ4v) is 3.80. The van der Waals surface area contributed by atoms with Gasteiger partial charge in [0.05, 0.1) is 14.2 Å². The van der Waals surface area contributed by atoms with Gasteiger partial charge in [-0.25, -0.2) is 4.79 Å². The zero-order chi connectivity index (χ0) is 21.0. The number of benzene rings is 2. The van der Waals surface area contributed by atoms with Crippen molar-refractivity contribution in [3.8, 4) is 11.5 Å². The Morgan fingerprint density at radius 1 is 1.03 bits per heavy atom. The van der Waals surface area contributed by atoms with Gasteiger partial charge in [0.25, 0.3) is 0 Å². The van der Waals surface area contributed by atoms with Crippen molar-refractivity contribution in [3.63, 3.8) is 0 Å². The van der Waals surface area contributed by atoms with Crippen LogP contribution in [0.5, 0.6) is 11.5 Å². The SMILES string of the molecule is COc1ccc(C(=O)[C@H]2CCCN(C(=O)Nc3c(C)cccc3C)C2)cc1OC. The Morgan fingerprint density at radius 2 is 1.72 bits per heavy atom. The average Bonchev–Trinajstić information content (AvgIpc) is 2.75. The van der Waals surface area contributed by atoms with Gasteiger partial charge in [-0.1, -0.05) is 18.2 Å². The molecule has 2 amide bonds. The Morgan fingerprint density at radius 3 is 2.38 bits per heavy atom. The smallest absolute Gasteiger partial charge is 0.321 e. The van der Waals surface area contributed by atoms with Crippen molar-refractivity contribution in [2.24, 2.45) is 5.92 Å². The molecule has 1 atom stereocenters. The molecule has 0 unspecified atom stereocenters. The van der Waals surface area contributed by atoms with Crippen LogP contribution >= 0.6 is 0 Å². The Kier molecular flexibility index (Phi) is 6.42. The molecule has 1 aliphatic heterocycles. The van der Waals surface area contributed by atoms with E-state index in [1.165, 1.54) is 0 Å². The lowest BCUT2D eigenvalue weighted by Crippen LogP contribution is -2.44. The number of ether oxygens (including phenoxy) is 2. The first kappa shape index (κ1) is 20.7. The second kappa shape index (κ2) is 8.99. The number of methoxy groups -OCH3 is 2. The van der Waals surface area contributed by atoms with E-state index in [1.54, 1.807) is 37.3 Å². The largest absolute Gasteiger partial charge is 0.493 e. The number of aryl methyl sites for hydroxylation is 2. The summed E-state index contributed by atoms with van der Waals surface area (Å²) in [6, 6.07) is 11.0. The van der Waals surface area contributed by atoms with Crippen molar-refractivity contribution in [3.05, 3.63) is 53.1 Å². The van der Waals surface area contributed by atoms with Gasteiger partial charge in [-0.3, -0.25) is 4.79 Å². The van der Waals surface area contributed by atoms with Gasteiger partial charge in [0.1, 0.15) is 0 Å². The molecule has 2 aromatic carbocycles. The minimum absolute atomic E-state index is 0.0236. The van der Waals surface area contributed by atoms with Crippen LogP contribution in [0.3, 0.4) is 0 Å². The number of urea groups is 1. The molecule has 0 aliphatic carbocycles. The number of hydrogen-bond acceptors (Lipinski definition) is 4. The second-order valence-corrected chi connectivity index (χ2v) is 7.42. The number of nitrogens with one attached hydrogen (secondary N) is 1. The van der Waals surface area contributed by atoms with E-state index >= 15 is 0 Å². The van der Waals surface area contributed by atoms with Gasteiger partial charge in [0, 0.05) is 30.3 Å². The summed E-state index contributed by atoms with van der Waals surface area (Å²) in [5, 5.41) is 3.02. The minimum atomic E-state index is -0.231. The molecule has 0 radical (unpaired) electrons. The summed E-state index contributed by atoms with van der Waals surface area (Å²) in [5.41, 5.74) is 3.46. The molecule has 3 rings (SSSR count). The lowest BCUT2D eigenvalue weighted by molar-refractivity contribution is 0.0851. The standard InChI is InChI=1S/C23H28N2O4/c1-15-7-5-8-16(2)21(15)24-23(27)25-12-6-9-18(14-25)22(26)17-10-11-19(28-3)20(13-17)29-4/h5,7-8,10-11,13,18H,6,9,12,14H2,1-4H3,(H,24,27)/t18-/m0/s1. The third-order valence-corrected chi connectivity index (χ3v) is 5.46. The Labute approximate surface area is 171 Å². The highest BCUT2D eigenvalue weighted by atomic mass is 16.5. The summed E-state index contributed by atoms with van der Waals surface area (Å²) in [6.45, 7) is 5.00. The Balaban J connectivity index is 1.71. The van der Waals surface area contributed by atoms with E-state index in [1.807, 2.05) is 32.0 Å². The first-order valence-corrected chi connectivity index (χ1v) is 9.83. The van der Waals surface area contributed by atoms with Crippen LogP contribution in [0, 0.1) is 19.8 Å². The van der Waals surface area contributed by atoms with Gasteiger partial charge >= 0.3 is 6.03 Å². The number of likely N-dealkylation sites (tertiary alicyclic amines) is 1. The fraction of sp³-hybridized carbons (Fsp3) is 0.391. The van der Waals surface area contributed by atoms with E-state index < -0.39 is 0 Å². The van der Waals surface area contributed by atoms with Gasteiger partial charge in [0.15, 0.2) is 17.3 Å². The highest BCUT2D eigenvalue weighted by molar-refractivity contribution is 5.99. The normalized spacial score (nSPS) is 16.3. The number of ketones is 1. The molecule has 29 heavy (non-hydrogen) atoms. The number of anilines is 1. The topological polar surface area (TPSA) is 67.9 Å². The zero-order valence-electron chi connectivity index (χ0n) is 17.5. The van der Waals surface area contributed by atoms with Crippen LogP contribution in [0.15, 0.2) is 36.4 Å². The van der Waals surface area contributed by atoms with Gasteiger partial charge in [-0.15, -0.1) is 0 Å². The molecule has 0 bridgehead atoms. The number of hydrogen-bond donors (Lipinski definition) is 1. The number of nitrogens with zero attached hydrogens (tertiary/aromatic N) is 1. The highest BCUT2D eigenvalue weighted by Crippen LogP contribution is 2.30. The summed E-state index contributed by atoms with van der Waals surface area (Å²) in [7, 11) is 3.11. The number of piperidine rings is 1. The van der Waals surface area contributed by atoms with Crippen LogP contribution in [-0.2, 0) is 0 Å². The third kappa shape index (κ3) is 4.53. The average molecular weight is 396 g/mol. The number of rotatable bonds is 5. The zero-order valence-corrected chi connectivity index (χ0v) is 17.5. The van der Waals surface area contributed by atoms with Crippen LogP contribution in [0.1, 0.15) is 34.3 Å². The summed E-state index contributed by atoms with van der Waals surface area (Å²) in [4.78, 5) is 27.6. The summed E-state index contributed by atoms with van der Waals surface area (Å²) in [6.07, 6.45) is 1.56. The molecule has 1 saturated heterocycles. The summed E-state index contributed by atoms with van der Waals surface area (Å²) in [5.74, 6) is 0.905. The molecule has 2 aromatic rings. The van der Waals surface area contributed by atoms with Crippen LogP contribution < -0.4 is 14.8 Å². The number of amides is 2. The molecule has 1 N–H and O–H groups in total. The third-order valence-electron chi connectivity index (χ3n) is 5.46. The molecule has 1 aliphatic rings. The molecule has 6 nitrogen and oxygen atoms in total. The first-order chi connectivity index (χ1) is 13.9. The van der Waals surface area contributed by atoms with Crippen LogP contribution in [0.25, 0.3) is 0 Å². The van der Waals surface area contributed by atoms with Gasteiger partial charge in [-0.2, -0.15) is 0 Å². The molecule has 1 heterocycles. The van der Waals surface area contributed by atoms with Crippen molar-refractivity contribution in [2.45, 2.75) is 26.7 Å². The van der Waals surface area contributed by atoms with Crippen LogP contribution in [0.2, 0.25) is 0 Å². The summed E-state index contributed by atoms with van der Waals surface area (Å²) >= 11 is 0. The van der Waals surface area contributed by atoms with Crippen molar-refractivity contribution in [2.75, 3.05) is 32.6 Å². The van der Waals surface area contributed by atoms with Gasteiger partial charge in [0.2, 0.25) is 0 Å². The van der Waals surface area contributed by atoms with E-state index in [0.717, 1.165) is 29.7 Å². The van der Waals surface area contributed by atoms with E-state index in [4.69, 9.17) is 9.47 Å². The second-order valence-electron chi connectivity index (χ2n) is 7.42. The molecular formula is C23H28N2O4. The number of carbonyl (C=O) groups is 2. The predicted molar refractivity (Wildman–Crippen MR) is 113 cm³/mol. The molecule has 0 aromatic heterocycles. The number of carbonyl (C=O) groups excluding carboxylic acids is 2. The van der Waals surface area contributed by atoms with E-state index in [2.05, 4.69) is 5.32 Å². The van der Waals surface area contributed by atoms with Crippen molar-refractivity contribution < 1.29 is 19.1 Å². The fourth-order valence-electron chi connectivity index (χ4n) is 3.80. The predicted octanol–water partition coefficient (Wildman–Crippen LogP) is 4.45. The van der Waals surface area contributed by atoms with E-state index in [-0.39, 0.29) is 17.7 Å². The first-order valence-electron chi connectivity index (χ1n) is 9.83. The minimum Gasteiger partial charge on any atom is -0.493 e. The molecule has 154 valence electrons. The maximum atomic E-state index is 13.0. The van der Waals surface area contributed by atoms with Gasteiger partial charge in [-0.05, 0) is 56.0 Å². The molecular weight excluding hydrogens is 368 g/mol. The molecule has 6 heteroatoms. The van der Waals surface area contributed by atoms with Gasteiger partial charge < -0.3 is 19.7 Å². The maximum absolute atomic E-state index is 13.0. The number of Topliss-reactive ketones (excluding diaryl/α,β-unsaturated/α-hetero) is 1. The molecule has 0 spiro atoms. The maximum Gasteiger partial charge on any atom is 0.321 e. The monoisotopic (exact) mass is 396 g/mol. The van der Waals surface area contributed by atoms with Crippen molar-refractivity contribution in [1.29, 1.82) is 0 Å². The molecule has 0 saturated carbocycles. The lowest BCUT2D eigenvalue weighted by Gasteiger charge is -2.32. The van der Waals surface area contributed by atoms with Crippen molar-refractivity contribution >= 4 is 17.5 Å². The lowest BCUT2D eigenvalue weighted by atomic mass is 9.90. The Hall–Kier alpha value is -3.02. The summed E-state index contributed by atoms with van der Waals surface area (Å²) < 4.78 is 10.6. The van der Waals surface area contributed by atoms with E-state index in [0.29, 0.717) is 30.2 Å². The molecule has 1 fully saturated rings. The number of para-hydroxylation sites is 1. The van der Waals surface area contributed by atoms with Crippen LogP contribution in [-0.4, -0.2) is 44.0 Å². The highest BCUT2D eigenvalue weighted by Gasteiger charge is 2.29. The van der Waals surface area contributed by atoms with Crippen LogP contribution in [0.4, 0.5) is 10.5 Å². The van der Waals surface area contributed by atoms with E-state index in [9.17, 15) is 9.59 Å². The quantitative estimate of drug-likeness (QED) is 0.759. The van der Waals surface area contributed by atoms with Crippen molar-refractivity contribution in [1.82, 2.24) is 4.90 Å².